The number of hydrogen-bond donors (Lipinski definition) is 0. The zero-order valence-corrected chi connectivity index (χ0v) is 16.3. The summed E-state index contributed by atoms with van der Waals surface area (Å²) in [5.41, 5.74) is 4.29. The number of fused-ring (bicyclic) bond motifs is 2. The second-order valence-corrected chi connectivity index (χ2v) is 6.48. The molecule has 6 nitrogen and oxygen atoms in total. The minimum atomic E-state index is 0.621. The molecule has 0 aliphatic heterocycles. The van der Waals surface area contributed by atoms with Crippen molar-refractivity contribution < 1.29 is 0 Å². The second-order valence-electron chi connectivity index (χ2n) is 6.48. The summed E-state index contributed by atoms with van der Waals surface area (Å²) < 4.78 is 4.34. The molecule has 0 fully saturated rings. The molecule has 28 heavy (non-hydrogen) atoms. The lowest BCUT2D eigenvalue weighted by atomic mass is 10.3. The lowest BCUT2D eigenvalue weighted by Gasteiger charge is -2.01. The number of hydrogen-bond acceptors (Lipinski definition) is 4. The number of nitrogens with zero attached hydrogens (tertiary/aromatic N) is 6. The Morgan fingerprint density at radius 1 is 0.714 bits per heavy atom. The Balaban J connectivity index is 1.42. The zero-order chi connectivity index (χ0) is 19.3. The third-order valence-electron chi connectivity index (χ3n) is 4.77. The molecule has 142 valence electrons. The predicted octanol–water partition coefficient (Wildman–Crippen LogP) is 3.96. The van der Waals surface area contributed by atoms with E-state index in [9.17, 15) is 0 Å². The van der Waals surface area contributed by atoms with Crippen LogP contribution in [-0.2, 0) is 13.1 Å². The first-order valence-electron chi connectivity index (χ1n) is 9.72. The highest BCUT2D eigenvalue weighted by molar-refractivity contribution is 5.86. The summed E-state index contributed by atoms with van der Waals surface area (Å²) in [6.07, 6.45) is 3.70. The van der Waals surface area contributed by atoms with Gasteiger partial charge in [0.1, 0.15) is 0 Å². The highest BCUT2D eigenvalue weighted by Crippen LogP contribution is 2.15. The molecule has 0 unspecified atom stereocenters. The molecule has 0 bridgehead atoms. The minimum Gasteiger partial charge on any atom is -0.323 e. The Morgan fingerprint density at radius 3 is 1.57 bits per heavy atom. The lowest BCUT2D eigenvalue weighted by molar-refractivity contribution is 0.778. The fraction of sp³-hybridized carbons (Fsp3) is 0.273. The molecular weight excluding hydrogens is 348 g/mol. The first-order valence-corrected chi connectivity index (χ1v) is 9.72. The smallest absolute Gasteiger partial charge is 0.151 e. The van der Waals surface area contributed by atoms with Gasteiger partial charge in [0.2, 0.25) is 0 Å². The summed E-state index contributed by atoms with van der Waals surface area (Å²) in [5.74, 6) is 1.78. The van der Waals surface area contributed by atoms with Crippen molar-refractivity contribution in [1.82, 2.24) is 19.1 Å². The topological polar surface area (TPSA) is 60.4 Å². The van der Waals surface area contributed by atoms with E-state index < -0.39 is 0 Å². The maximum Gasteiger partial charge on any atom is 0.151 e. The van der Waals surface area contributed by atoms with E-state index in [0.29, 0.717) is 13.1 Å². The summed E-state index contributed by atoms with van der Waals surface area (Å²) in [7, 11) is 0. The highest BCUT2D eigenvalue weighted by atomic mass is 15.1. The van der Waals surface area contributed by atoms with Gasteiger partial charge in [-0.15, -0.1) is 0 Å². The molecule has 4 rings (SSSR count). The van der Waals surface area contributed by atoms with Crippen LogP contribution in [0.5, 0.6) is 0 Å². The molecule has 0 amide bonds. The maximum atomic E-state index is 4.66. The molecule has 2 aromatic carbocycles. The SMILES string of the molecule is CCn1c(C=NCCN=Cc2nc3ccccc3n2CC)nc2ccccc21. The maximum absolute atomic E-state index is 4.66. The first-order chi connectivity index (χ1) is 13.8. The van der Waals surface area contributed by atoms with Crippen LogP contribution in [0.3, 0.4) is 0 Å². The van der Waals surface area contributed by atoms with Crippen LogP contribution < -0.4 is 0 Å². The van der Waals surface area contributed by atoms with Gasteiger partial charge >= 0.3 is 0 Å². The molecule has 6 heteroatoms. The van der Waals surface area contributed by atoms with Gasteiger partial charge in [0.05, 0.1) is 47.6 Å². The van der Waals surface area contributed by atoms with E-state index in [-0.39, 0.29) is 0 Å². The number of aryl methyl sites for hydroxylation is 2. The number of imidazole rings is 2. The molecule has 2 heterocycles. The molecular formula is C22H24N6. The molecule has 0 saturated heterocycles. The zero-order valence-electron chi connectivity index (χ0n) is 16.3. The van der Waals surface area contributed by atoms with E-state index in [0.717, 1.165) is 46.8 Å². The molecule has 0 N–H and O–H groups in total. The molecule has 0 radical (unpaired) electrons. The van der Waals surface area contributed by atoms with Crippen molar-refractivity contribution in [1.29, 1.82) is 0 Å². The van der Waals surface area contributed by atoms with Crippen LogP contribution in [0.2, 0.25) is 0 Å². The molecule has 0 aliphatic rings. The third-order valence-corrected chi connectivity index (χ3v) is 4.77. The van der Waals surface area contributed by atoms with Gasteiger partial charge in [-0.1, -0.05) is 24.3 Å². The third kappa shape index (κ3) is 3.45. The van der Waals surface area contributed by atoms with E-state index in [1.807, 2.05) is 48.8 Å². The standard InChI is InChI=1S/C22H24N6/c1-3-27-19-11-7-5-9-17(19)25-21(27)15-23-13-14-24-16-22-26-18-10-6-8-12-20(18)28(22)4-2/h5-12,15-16H,3-4,13-14H2,1-2H3. The molecule has 2 aromatic heterocycles. The normalized spacial score (nSPS) is 12.2. The van der Waals surface area contributed by atoms with Crippen LogP contribution >= 0.6 is 0 Å². The Bertz CT molecular complexity index is 1060. The van der Waals surface area contributed by atoms with Crippen LogP contribution in [-0.4, -0.2) is 44.6 Å². The Labute approximate surface area is 164 Å². The molecule has 4 aromatic rings. The number of benzene rings is 2. The number of rotatable bonds is 7. The van der Waals surface area contributed by atoms with Crippen LogP contribution in [0.15, 0.2) is 58.5 Å². The predicted molar refractivity (Wildman–Crippen MR) is 116 cm³/mol. The Morgan fingerprint density at radius 2 is 1.14 bits per heavy atom. The van der Waals surface area contributed by atoms with E-state index in [1.165, 1.54) is 0 Å². The van der Waals surface area contributed by atoms with Crippen molar-refractivity contribution in [3.63, 3.8) is 0 Å². The highest BCUT2D eigenvalue weighted by Gasteiger charge is 2.07. The van der Waals surface area contributed by atoms with Crippen molar-refractivity contribution >= 4 is 34.5 Å². The van der Waals surface area contributed by atoms with Crippen LogP contribution in [0.1, 0.15) is 25.5 Å². The summed E-state index contributed by atoms with van der Waals surface area (Å²) in [6, 6.07) is 16.3. The van der Waals surface area contributed by atoms with Gasteiger partial charge in [0.25, 0.3) is 0 Å². The van der Waals surface area contributed by atoms with Gasteiger partial charge in [-0.25, -0.2) is 9.97 Å². The van der Waals surface area contributed by atoms with Gasteiger partial charge in [-0.2, -0.15) is 0 Å². The van der Waals surface area contributed by atoms with Crippen molar-refractivity contribution in [2.75, 3.05) is 13.1 Å². The summed E-state index contributed by atoms with van der Waals surface area (Å²) in [6.45, 7) is 7.22. The van der Waals surface area contributed by atoms with Crippen LogP contribution in [0, 0.1) is 0 Å². The van der Waals surface area contributed by atoms with E-state index in [2.05, 4.69) is 55.1 Å². The summed E-state index contributed by atoms with van der Waals surface area (Å²) in [5, 5.41) is 0. The fourth-order valence-corrected chi connectivity index (χ4v) is 3.46. The molecule has 0 aliphatic carbocycles. The number of para-hydroxylation sites is 4. The van der Waals surface area contributed by atoms with Crippen molar-refractivity contribution in [3.8, 4) is 0 Å². The van der Waals surface area contributed by atoms with Gasteiger partial charge in [0.15, 0.2) is 11.6 Å². The number of aromatic nitrogens is 4. The molecule has 0 saturated carbocycles. The van der Waals surface area contributed by atoms with Crippen LogP contribution in [0.4, 0.5) is 0 Å². The number of aliphatic imine (C=N–C) groups is 2. The Hall–Kier alpha value is -3.28. The first kappa shape index (κ1) is 18.1. The summed E-state index contributed by atoms with van der Waals surface area (Å²) >= 11 is 0. The lowest BCUT2D eigenvalue weighted by Crippen LogP contribution is -2.02. The average Bonchev–Trinajstić information content (AvgIpc) is 3.27. The quantitative estimate of drug-likeness (QED) is 0.364. The van der Waals surface area contributed by atoms with Crippen molar-refractivity contribution in [2.45, 2.75) is 26.9 Å². The fourth-order valence-electron chi connectivity index (χ4n) is 3.46. The van der Waals surface area contributed by atoms with Gasteiger partial charge in [-0.3, -0.25) is 9.98 Å². The van der Waals surface area contributed by atoms with E-state index in [4.69, 9.17) is 0 Å². The largest absolute Gasteiger partial charge is 0.323 e. The monoisotopic (exact) mass is 372 g/mol. The minimum absolute atomic E-state index is 0.621. The van der Waals surface area contributed by atoms with Crippen molar-refractivity contribution in [2.24, 2.45) is 9.98 Å². The van der Waals surface area contributed by atoms with E-state index >= 15 is 0 Å². The van der Waals surface area contributed by atoms with Crippen LogP contribution in [0.25, 0.3) is 22.1 Å². The molecule has 0 atom stereocenters. The van der Waals surface area contributed by atoms with Crippen molar-refractivity contribution in [3.05, 3.63) is 60.2 Å². The molecule has 0 spiro atoms. The summed E-state index contributed by atoms with van der Waals surface area (Å²) in [4.78, 5) is 18.3. The van der Waals surface area contributed by atoms with Gasteiger partial charge in [-0.05, 0) is 38.1 Å². The average molecular weight is 372 g/mol. The van der Waals surface area contributed by atoms with Gasteiger partial charge < -0.3 is 9.13 Å². The Kier molecular flexibility index (Phi) is 5.28. The second kappa shape index (κ2) is 8.17. The van der Waals surface area contributed by atoms with E-state index in [1.54, 1.807) is 0 Å². The van der Waals surface area contributed by atoms with Gasteiger partial charge in [0, 0.05) is 13.1 Å².